The van der Waals surface area contributed by atoms with Gasteiger partial charge in [-0.3, -0.25) is 10.1 Å². The molecule has 0 spiro atoms. The third-order valence-corrected chi connectivity index (χ3v) is 3.59. The van der Waals surface area contributed by atoms with E-state index >= 15 is 0 Å². The van der Waals surface area contributed by atoms with Gasteiger partial charge in [0.1, 0.15) is 12.4 Å². The second-order valence-electron chi connectivity index (χ2n) is 4.85. The van der Waals surface area contributed by atoms with Gasteiger partial charge in [-0.2, -0.15) is 4.98 Å². The molecule has 0 amide bonds. The lowest BCUT2D eigenvalue weighted by atomic mass is 9.85. The predicted molar refractivity (Wildman–Crippen MR) is 69.8 cm³/mol. The van der Waals surface area contributed by atoms with Gasteiger partial charge in [0.15, 0.2) is 0 Å². The van der Waals surface area contributed by atoms with Crippen LogP contribution in [0.4, 0.5) is 11.5 Å². The van der Waals surface area contributed by atoms with E-state index in [0.717, 1.165) is 25.7 Å². The van der Waals surface area contributed by atoms with Gasteiger partial charge in [-0.15, -0.1) is 0 Å². The van der Waals surface area contributed by atoms with Crippen LogP contribution in [-0.4, -0.2) is 21.0 Å². The van der Waals surface area contributed by atoms with Crippen molar-refractivity contribution in [2.24, 2.45) is 5.92 Å². The normalized spacial score (nSPS) is 23.0. The minimum atomic E-state index is -0.592. The van der Waals surface area contributed by atoms with E-state index in [0.29, 0.717) is 5.92 Å². The molecule has 2 atom stereocenters. The molecule has 2 unspecified atom stereocenters. The number of aromatic nitrogens is 2. The van der Waals surface area contributed by atoms with Crippen LogP contribution in [0.3, 0.4) is 0 Å². The standard InChI is InChI=1S/C12H18N4O3/c1-2-8-4-3-5-9(6-8)19-12-10(16(17)18)11(13)14-7-15-12/h7-9H,2-6H2,1H3,(H2,13,14,15). The number of nitrogens with two attached hydrogens (primary N) is 1. The topological polar surface area (TPSA) is 104 Å². The van der Waals surface area contributed by atoms with Crippen LogP contribution in [0.1, 0.15) is 39.0 Å². The monoisotopic (exact) mass is 266 g/mol. The minimum Gasteiger partial charge on any atom is -0.469 e. The summed E-state index contributed by atoms with van der Waals surface area (Å²) in [5.74, 6) is 0.453. The molecular weight excluding hydrogens is 248 g/mol. The van der Waals surface area contributed by atoms with E-state index in [9.17, 15) is 10.1 Å². The fourth-order valence-electron chi connectivity index (χ4n) is 2.51. The van der Waals surface area contributed by atoms with Crippen molar-refractivity contribution in [1.29, 1.82) is 0 Å². The van der Waals surface area contributed by atoms with E-state index in [1.54, 1.807) is 0 Å². The van der Waals surface area contributed by atoms with Crippen LogP contribution in [0.5, 0.6) is 5.88 Å². The van der Waals surface area contributed by atoms with Crippen molar-refractivity contribution in [1.82, 2.24) is 9.97 Å². The van der Waals surface area contributed by atoms with Gasteiger partial charge in [0.2, 0.25) is 5.82 Å². The zero-order valence-electron chi connectivity index (χ0n) is 10.9. The number of nitrogen functional groups attached to an aromatic ring is 1. The molecule has 1 saturated carbocycles. The Labute approximate surface area is 111 Å². The molecule has 7 heteroatoms. The Kier molecular flexibility index (Phi) is 4.13. The number of nitrogens with zero attached hydrogens (tertiary/aromatic N) is 3. The summed E-state index contributed by atoms with van der Waals surface area (Å²) in [5, 5.41) is 11.0. The summed E-state index contributed by atoms with van der Waals surface area (Å²) in [6, 6.07) is 0. The molecule has 0 radical (unpaired) electrons. The van der Waals surface area contributed by atoms with Crippen molar-refractivity contribution in [2.75, 3.05) is 5.73 Å². The third kappa shape index (κ3) is 3.10. The van der Waals surface area contributed by atoms with Gasteiger partial charge in [-0.1, -0.05) is 19.8 Å². The number of hydrogen-bond acceptors (Lipinski definition) is 6. The summed E-state index contributed by atoms with van der Waals surface area (Å²) in [5.41, 5.74) is 5.18. The average molecular weight is 266 g/mol. The minimum absolute atomic E-state index is 0.0146. The van der Waals surface area contributed by atoms with Crippen molar-refractivity contribution in [3.8, 4) is 5.88 Å². The molecule has 0 saturated heterocycles. The van der Waals surface area contributed by atoms with Crippen molar-refractivity contribution in [3.05, 3.63) is 16.4 Å². The van der Waals surface area contributed by atoms with Gasteiger partial charge in [0, 0.05) is 0 Å². The molecule has 1 aromatic heterocycles. The molecule has 2 N–H and O–H groups in total. The first-order chi connectivity index (χ1) is 9.11. The number of ether oxygens (including phenoxy) is 1. The van der Waals surface area contributed by atoms with Crippen molar-refractivity contribution in [3.63, 3.8) is 0 Å². The Morgan fingerprint density at radius 1 is 1.53 bits per heavy atom. The van der Waals surface area contributed by atoms with Gasteiger partial charge < -0.3 is 10.5 Å². The highest BCUT2D eigenvalue weighted by Crippen LogP contribution is 2.33. The van der Waals surface area contributed by atoms with Crippen molar-refractivity contribution >= 4 is 11.5 Å². The number of rotatable bonds is 4. The molecule has 0 bridgehead atoms. The van der Waals surface area contributed by atoms with Crippen LogP contribution >= 0.6 is 0 Å². The quantitative estimate of drug-likeness (QED) is 0.662. The van der Waals surface area contributed by atoms with E-state index in [-0.39, 0.29) is 23.5 Å². The second-order valence-corrected chi connectivity index (χ2v) is 4.85. The Morgan fingerprint density at radius 2 is 2.32 bits per heavy atom. The van der Waals surface area contributed by atoms with E-state index in [4.69, 9.17) is 10.5 Å². The summed E-state index contributed by atoms with van der Waals surface area (Å²) >= 11 is 0. The molecule has 104 valence electrons. The molecular formula is C12H18N4O3. The van der Waals surface area contributed by atoms with Crippen LogP contribution < -0.4 is 10.5 Å². The number of anilines is 1. The smallest absolute Gasteiger partial charge is 0.372 e. The lowest BCUT2D eigenvalue weighted by Gasteiger charge is -2.28. The number of nitro groups is 1. The van der Waals surface area contributed by atoms with E-state index < -0.39 is 4.92 Å². The van der Waals surface area contributed by atoms with Gasteiger partial charge in [-0.25, -0.2) is 4.98 Å². The summed E-state index contributed by atoms with van der Waals surface area (Å²) in [6.45, 7) is 2.15. The number of hydrogen-bond donors (Lipinski definition) is 1. The highest BCUT2D eigenvalue weighted by molar-refractivity contribution is 5.57. The van der Waals surface area contributed by atoms with Crippen LogP contribution in [0.25, 0.3) is 0 Å². The largest absolute Gasteiger partial charge is 0.469 e. The predicted octanol–water partition coefficient (Wildman–Crippen LogP) is 2.31. The molecule has 1 aliphatic rings. The zero-order valence-corrected chi connectivity index (χ0v) is 10.9. The average Bonchev–Trinajstić information content (AvgIpc) is 2.38. The van der Waals surface area contributed by atoms with Crippen molar-refractivity contribution < 1.29 is 9.66 Å². The molecule has 1 aromatic rings. The zero-order chi connectivity index (χ0) is 13.8. The van der Waals surface area contributed by atoms with Crippen LogP contribution in [0.2, 0.25) is 0 Å². The first-order valence-electron chi connectivity index (χ1n) is 6.53. The summed E-state index contributed by atoms with van der Waals surface area (Å²) in [4.78, 5) is 17.9. The molecule has 7 nitrogen and oxygen atoms in total. The Balaban J connectivity index is 2.14. The van der Waals surface area contributed by atoms with Gasteiger partial charge in [-0.05, 0) is 25.2 Å². The molecule has 2 rings (SSSR count). The van der Waals surface area contributed by atoms with Gasteiger partial charge in [0.25, 0.3) is 5.88 Å². The molecule has 0 aromatic carbocycles. The van der Waals surface area contributed by atoms with Gasteiger partial charge in [0.05, 0.1) is 4.92 Å². The molecule has 0 aliphatic heterocycles. The van der Waals surface area contributed by atoms with E-state index in [1.807, 2.05) is 0 Å². The molecule has 1 aliphatic carbocycles. The van der Waals surface area contributed by atoms with E-state index in [2.05, 4.69) is 16.9 Å². The third-order valence-electron chi connectivity index (χ3n) is 3.59. The lowest BCUT2D eigenvalue weighted by molar-refractivity contribution is -0.385. The maximum Gasteiger partial charge on any atom is 0.372 e. The Bertz CT molecular complexity index is 466. The fraction of sp³-hybridized carbons (Fsp3) is 0.667. The lowest BCUT2D eigenvalue weighted by Crippen LogP contribution is -2.26. The Hall–Kier alpha value is -1.92. The molecule has 1 heterocycles. The summed E-state index contributed by atoms with van der Waals surface area (Å²) < 4.78 is 5.69. The maximum absolute atomic E-state index is 11.0. The summed E-state index contributed by atoms with van der Waals surface area (Å²) in [6.07, 6.45) is 6.37. The second kappa shape index (κ2) is 5.81. The summed E-state index contributed by atoms with van der Waals surface area (Å²) in [7, 11) is 0. The molecule has 19 heavy (non-hydrogen) atoms. The SMILES string of the molecule is CCC1CCCC(Oc2ncnc(N)c2[N+](=O)[O-])C1. The first-order valence-corrected chi connectivity index (χ1v) is 6.53. The van der Waals surface area contributed by atoms with Crippen molar-refractivity contribution in [2.45, 2.75) is 45.1 Å². The van der Waals surface area contributed by atoms with Crippen LogP contribution in [0, 0.1) is 16.0 Å². The van der Waals surface area contributed by atoms with Crippen LogP contribution in [-0.2, 0) is 0 Å². The van der Waals surface area contributed by atoms with E-state index in [1.165, 1.54) is 12.7 Å². The molecule has 1 fully saturated rings. The highest BCUT2D eigenvalue weighted by atomic mass is 16.6. The highest BCUT2D eigenvalue weighted by Gasteiger charge is 2.28. The maximum atomic E-state index is 11.0. The van der Waals surface area contributed by atoms with Crippen LogP contribution in [0.15, 0.2) is 6.33 Å². The first kappa shape index (κ1) is 13.5. The fourth-order valence-corrected chi connectivity index (χ4v) is 2.51. The Morgan fingerprint density at radius 3 is 3.00 bits per heavy atom. The van der Waals surface area contributed by atoms with Gasteiger partial charge >= 0.3 is 5.69 Å².